The van der Waals surface area contributed by atoms with Crippen molar-refractivity contribution in [1.29, 1.82) is 0 Å². The van der Waals surface area contributed by atoms with Gasteiger partial charge in [0, 0.05) is 6.07 Å². The van der Waals surface area contributed by atoms with Crippen LogP contribution in [0.2, 0.25) is 0 Å². The molecule has 0 amide bonds. The third kappa shape index (κ3) is 2.78. The number of nitro benzene ring substituents is 2. The molecule has 0 atom stereocenters. The van der Waals surface area contributed by atoms with Gasteiger partial charge in [-0.05, 0) is 6.07 Å². The summed E-state index contributed by atoms with van der Waals surface area (Å²) in [6, 6.07) is 2.35. The average molecular weight is 323 g/mol. The van der Waals surface area contributed by atoms with Gasteiger partial charge in [0.05, 0.1) is 27.0 Å². The first kappa shape index (κ1) is 15.5. The van der Waals surface area contributed by atoms with Crippen LogP contribution < -0.4 is 11.2 Å². The highest BCUT2D eigenvalue weighted by molar-refractivity contribution is 5.58. The van der Waals surface area contributed by atoms with Crippen LogP contribution in [0.25, 0.3) is 5.69 Å². The minimum Gasteiger partial charge on any atom is -0.268 e. The number of non-ortho nitro benzene ring substituents is 1. The maximum absolute atomic E-state index is 11.7. The van der Waals surface area contributed by atoms with E-state index in [9.17, 15) is 39.9 Å². The van der Waals surface area contributed by atoms with Gasteiger partial charge < -0.3 is 0 Å². The Balaban J connectivity index is 2.81. The zero-order chi connectivity index (χ0) is 17.3. The fourth-order valence-electron chi connectivity index (χ4n) is 1.75. The molecule has 1 N–H and O–H groups in total. The Morgan fingerprint density at radius 3 is 2.04 bits per heavy atom. The number of aromatic nitrogens is 2. The highest BCUT2D eigenvalue weighted by Gasteiger charge is 2.24. The largest absolute Gasteiger partial charge is 0.350 e. The van der Waals surface area contributed by atoms with Gasteiger partial charge in [-0.2, -0.15) is 0 Å². The molecule has 0 aliphatic heterocycles. The van der Waals surface area contributed by atoms with Crippen molar-refractivity contribution in [3.8, 4) is 5.69 Å². The lowest BCUT2D eigenvalue weighted by molar-refractivity contribution is -0.394. The first-order valence-corrected chi connectivity index (χ1v) is 5.66. The molecule has 13 nitrogen and oxygen atoms in total. The summed E-state index contributed by atoms with van der Waals surface area (Å²) in [4.78, 5) is 54.1. The fraction of sp³-hybridized carbons (Fsp3) is 0. The van der Waals surface area contributed by atoms with Gasteiger partial charge in [-0.1, -0.05) is 0 Å². The van der Waals surface area contributed by atoms with Crippen molar-refractivity contribution in [2.75, 3.05) is 0 Å². The van der Waals surface area contributed by atoms with Gasteiger partial charge in [0.1, 0.15) is 5.69 Å². The number of rotatable bonds is 4. The summed E-state index contributed by atoms with van der Waals surface area (Å²) < 4.78 is 0.460. The topological polar surface area (TPSA) is 184 Å². The number of hydrogen-bond donors (Lipinski definition) is 1. The van der Waals surface area contributed by atoms with Gasteiger partial charge in [-0.3, -0.25) is 44.7 Å². The second kappa shape index (κ2) is 5.47. The van der Waals surface area contributed by atoms with Crippen LogP contribution >= 0.6 is 0 Å². The minimum absolute atomic E-state index is 0.460. The van der Waals surface area contributed by atoms with Crippen LogP contribution in [0.1, 0.15) is 0 Å². The molecule has 0 saturated heterocycles. The molecular formula is C10H5N5O8. The summed E-state index contributed by atoms with van der Waals surface area (Å²) in [5.74, 6) is 0. The number of nitrogens with zero attached hydrogens (tertiary/aromatic N) is 4. The van der Waals surface area contributed by atoms with E-state index >= 15 is 0 Å². The normalized spacial score (nSPS) is 10.3. The Bertz CT molecular complexity index is 958. The van der Waals surface area contributed by atoms with E-state index in [4.69, 9.17) is 0 Å². The lowest BCUT2D eigenvalue weighted by Crippen LogP contribution is -2.30. The smallest absolute Gasteiger partial charge is 0.268 e. The Morgan fingerprint density at radius 2 is 1.52 bits per heavy atom. The zero-order valence-corrected chi connectivity index (χ0v) is 10.9. The van der Waals surface area contributed by atoms with Gasteiger partial charge in [0.2, 0.25) is 0 Å². The van der Waals surface area contributed by atoms with Gasteiger partial charge in [0.25, 0.3) is 11.4 Å². The molecule has 0 bridgehead atoms. The molecule has 2 aromatic rings. The number of nitro groups is 3. The van der Waals surface area contributed by atoms with Crippen molar-refractivity contribution >= 4 is 17.1 Å². The van der Waals surface area contributed by atoms with Crippen molar-refractivity contribution in [3.05, 3.63) is 75.6 Å². The van der Waals surface area contributed by atoms with Crippen LogP contribution in [0.15, 0.2) is 34.0 Å². The molecule has 0 aliphatic carbocycles. The second-order valence-corrected chi connectivity index (χ2v) is 4.09. The fourth-order valence-corrected chi connectivity index (χ4v) is 1.75. The summed E-state index contributed by atoms with van der Waals surface area (Å²) in [5, 5.41) is 32.4. The van der Waals surface area contributed by atoms with E-state index in [0.29, 0.717) is 16.8 Å². The highest BCUT2D eigenvalue weighted by atomic mass is 16.6. The van der Waals surface area contributed by atoms with Crippen LogP contribution in [-0.2, 0) is 0 Å². The molecular weight excluding hydrogens is 318 g/mol. The van der Waals surface area contributed by atoms with Crippen molar-refractivity contribution < 1.29 is 14.8 Å². The summed E-state index contributed by atoms with van der Waals surface area (Å²) >= 11 is 0. The lowest BCUT2D eigenvalue weighted by Gasteiger charge is -2.05. The summed E-state index contributed by atoms with van der Waals surface area (Å²) in [6.45, 7) is 0. The SMILES string of the molecule is O=c1[nH]c(=O)n(-c2ccc([N+](=O)[O-])cc2[N+](=O)[O-])cc1[N+](=O)[O-]. The summed E-state index contributed by atoms with van der Waals surface area (Å²) in [7, 11) is 0. The maximum atomic E-state index is 11.7. The molecule has 13 heteroatoms. The van der Waals surface area contributed by atoms with E-state index in [2.05, 4.69) is 0 Å². The van der Waals surface area contributed by atoms with Crippen molar-refractivity contribution in [1.82, 2.24) is 9.55 Å². The number of nitrogens with one attached hydrogen (secondary N) is 1. The molecule has 0 aliphatic rings. The number of aromatic amines is 1. The van der Waals surface area contributed by atoms with Gasteiger partial charge in [-0.15, -0.1) is 0 Å². The molecule has 2 rings (SSSR count). The van der Waals surface area contributed by atoms with Crippen molar-refractivity contribution in [2.24, 2.45) is 0 Å². The van der Waals surface area contributed by atoms with Gasteiger partial charge in [0.15, 0.2) is 0 Å². The average Bonchev–Trinajstić information content (AvgIpc) is 2.46. The first-order valence-electron chi connectivity index (χ1n) is 5.66. The van der Waals surface area contributed by atoms with Gasteiger partial charge >= 0.3 is 16.9 Å². The van der Waals surface area contributed by atoms with E-state index in [1.807, 2.05) is 0 Å². The monoisotopic (exact) mass is 323 g/mol. The van der Waals surface area contributed by atoms with E-state index in [1.165, 1.54) is 0 Å². The van der Waals surface area contributed by atoms with Crippen LogP contribution in [0.4, 0.5) is 17.1 Å². The second-order valence-electron chi connectivity index (χ2n) is 4.09. The Labute approximate surface area is 123 Å². The lowest BCUT2D eigenvalue weighted by atomic mass is 10.2. The van der Waals surface area contributed by atoms with E-state index < -0.39 is 48.8 Å². The number of hydrogen-bond acceptors (Lipinski definition) is 8. The predicted molar refractivity (Wildman–Crippen MR) is 72.6 cm³/mol. The maximum Gasteiger partial charge on any atom is 0.350 e. The number of benzene rings is 1. The Morgan fingerprint density at radius 1 is 0.913 bits per heavy atom. The Hall–Kier alpha value is -3.90. The van der Waals surface area contributed by atoms with Crippen LogP contribution in [0, 0.1) is 30.3 Å². The molecule has 0 saturated carbocycles. The summed E-state index contributed by atoms with van der Waals surface area (Å²) in [5.41, 5.74) is -5.37. The molecule has 1 aromatic carbocycles. The third-order valence-corrected chi connectivity index (χ3v) is 2.75. The Kier molecular flexibility index (Phi) is 3.68. The molecule has 23 heavy (non-hydrogen) atoms. The predicted octanol–water partition coefficient (Wildman–Crippen LogP) is 0.250. The molecule has 1 aromatic heterocycles. The van der Waals surface area contributed by atoms with E-state index in [1.54, 1.807) is 4.98 Å². The van der Waals surface area contributed by atoms with Crippen molar-refractivity contribution in [2.45, 2.75) is 0 Å². The molecule has 0 fully saturated rings. The van der Waals surface area contributed by atoms with E-state index in [0.717, 1.165) is 12.1 Å². The van der Waals surface area contributed by atoms with E-state index in [-0.39, 0.29) is 0 Å². The number of H-pyrrole nitrogens is 1. The quantitative estimate of drug-likeness (QED) is 0.612. The van der Waals surface area contributed by atoms with Crippen LogP contribution in [-0.4, -0.2) is 24.3 Å². The zero-order valence-electron chi connectivity index (χ0n) is 10.9. The standard InChI is InChI=1S/C10H5N5O8/c16-9-8(15(22)23)4-12(10(17)11-9)6-2-1-5(13(18)19)3-7(6)14(20)21/h1-4H,(H,11,16,17). The van der Waals surface area contributed by atoms with Crippen LogP contribution in [0.5, 0.6) is 0 Å². The molecule has 118 valence electrons. The first-order chi connectivity index (χ1) is 10.7. The third-order valence-electron chi connectivity index (χ3n) is 2.75. The highest BCUT2D eigenvalue weighted by Crippen LogP contribution is 2.27. The summed E-state index contributed by atoms with van der Waals surface area (Å²) in [6.07, 6.45) is 0.509. The van der Waals surface area contributed by atoms with Gasteiger partial charge in [-0.25, -0.2) is 4.79 Å². The van der Waals surface area contributed by atoms with Crippen LogP contribution in [0.3, 0.4) is 0 Å². The molecule has 0 spiro atoms. The molecule has 0 unspecified atom stereocenters. The molecule has 0 radical (unpaired) electrons. The minimum atomic E-state index is -1.28. The molecule has 1 heterocycles. The van der Waals surface area contributed by atoms with Crippen molar-refractivity contribution in [3.63, 3.8) is 0 Å².